The number of nitrogens with two attached hydrogens (primary N) is 1. The molecule has 0 aliphatic heterocycles. The summed E-state index contributed by atoms with van der Waals surface area (Å²) in [4.78, 5) is 10.4. The third-order valence-corrected chi connectivity index (χ3v) is 1.88. The standard InChI is InChI=1S/C9H10FNO4/c10-5-1-4(2-6(11)9(14)15)3-7(12)8(5)13/h1,3,6,12-13H,2,11H2,(H,14,15)/t6-/m0/s1. The highest BCUT2D eigenvalue weighted by molar-refractivity contribution is 5.73. The number of phenols is 2. The van der Waals surface area contributed by atoms with Gasteiger partial charge in [-0.15, -0.1) is 0 Å². The third kappa shape index (κ3) is 2.57. The first-order valence-corrected chi connectivity index (χ1v) is 4.10. The molecule has 5 N–H and O–H groups in total. The van der Waals surface area contributed by atoms with E-state index in [1.807, 2.05) is 0 Å². The average molecular weight is 215 g/mol. The molecule has 0 amide bonds. The number of hydrogen-bond acceptors (Lipinski definition) is 4. The molecule has 0 fully saturated rings. The molecule has 1 atom stereocenters. The SMILES string of the molecule is N[C@@H](Cc1cc(O)c(O)c(F)c1)C(=O)O. The lowest BCUT2D eigenvalue weighted by molar-refractivity contribution is -0.138. The molecule has 0 saturated heterocycles. The Morgan fingerprint density at radius 1 is 1.47 bits per heavy atom. The van der Waals surface area contributed by atoms with Crippen LogP contribution in [0.15, 0.2) is 12.1 Å². The maximum Gasteiger partial charge on any atom is 0.320 e. The van der Waals surface area contributed by atoms with Crippen molar-refractivity contribution in [1.29, 1.82) is 0 Å². The van der Waals surface area contributed by atoms with Gasteiger partial charge in [0.15, 0.2) is 17.3 Å². The van der Waals surface area contributed by atoms with E-state index in [1.54, 1.807) is 0 Å². The Morgan fingerprint density at radius 2 is 2.07 bits per heavy atom. The van der Waals surface area contributed by atoms with Crippen molar-refractivity contribution < 1.29 is 24.5 Å². The molecule has 1 aromatic carbocycles. The smallest absolute Gasteiger partial charge is 0.320 e. The molecule has 0 heterocycles. The molecule has 0 bridgehead atoms. The molecule has 0 aliphatic rings. The van der Waals surface area contributed by atoms with Gasteiger partial charge < -0.3 is 21.1 Å². The van der Waals surface area contributed by atoms with Crippen molar-refractivity contribution in [2.45, 2.75) is 12.5 Å². The minimum absolute atomic E-state index is 0.125. The van der Waals surface area contributed by atoms with E-state index in [1.165, 1.54) is 0 Å². The molecule has 0 saturated carbocycles. The van der Waals surface area contributed by atoms with Gasteiger partial charge in [-0.3, -0.25) is 4.79 Å². The van der Waals surface area contributed by atoms with Crippen LogP contribution in [0.5, 0.6) is 11.5 Å². The van der Waals surface area contributed by atoms with Gasteiger partial charge in [-0.2, -0.15) is 0 Å². The highest BCUT2D eigenvalue weighted by Crippen LogP contribution is 2.29. The van der Waals surface area contributed by atoms with E-state index in [0.717, 1.165) is 12.1 Å². The minimum atomic E-state index is -1.22. The van der Waals surface area contributed by atoms with Crippen LogP contribution in [0.25, 0.3) is 0 Å². The number of halogens is 1. The Hall–Kier alpha value is -1.82. The largest absolute Gasteiger partial charge is 0.504 e. The summed E-state index contributed by atoms with van der Waals surface area (Å²) in [5, 5.41) is 26.5. The number of benzene rings is 1. The average Bonchev–Trinajstić information content (AvgIpc) is 2.13. The molecule has 15 heavy (non-hydrogen) atoms. The van der Waals surface area contributed by atoms with Gasteiger partial charge in [0.25, 0.3) is 0 Å². The third-order valence-electron chi connectivity index (χ3n) is 1.88. The lowest BCUT2D eigenvalue weighted by Gasteiger charge is -2.07. The zero-order valence-corrected chi connectivity index (χ0v) is 7.64. The summed E-state index contributed by atoms with van der Waals surface area (Å²) >= 11 is 0. The molecular formula is C9H10FNO4. The predicted octanol–water partition coefficient (Wildman–Crippen LogP) is 0.191. The van der Waals surface area contributed by atoms with Crippen LogP contribution < -0.4 is 5.73 Å². The fourth-order valence-electron chi connectivity index (χ4n) is 1.10. The second kappa shape index (κ2) is 4.14. The highest BCUT2D eigenvalue weighted by Gasteiger charge is 2.15. The summed E-state index contributed by atoms with van der Waals surface area (Å²) in [5.41, 5.74) is 5.43. The number of phenolic OH excluding ortho intramolecular Hbond substituents is 2. The summed E-state index contributed by atoms with van der Waals surface area (Å²) in [6, 6.07) is 0.826. The first kappa shape index (κ1) is 11.3. The van der Waals surface area contributed by atoms with Gasteiger partial charge in [0.1, 0.15) is 6.04 Å². The van der Waals surface area contributed by atoms with E-state index in [4.69, 9.17) is 21.1 Å². The van der Waals surface area contributed by atoms with E-state index >= 15 is 0 Å². The summed E-state index contributed by atoms with van der Waals surface area (Å²) in [6.07, 6.45) is -0.125. The van der Waals surface area contributed by atoms with Gasteiger partial charge in [0, 0.05) is 0 Å². The molecule has 5 nitrogen and oxygen atoms in total. The van der Waals surface area contributed by atoms with Crippen molar-refractivity contribution in [2.24, 2.45) is 5.73 Å². The Labute approximate surface area is 84.6 Å². The van der Waals surface area contributed by atoms with Crippen molar-refractivity contribution in [3.05, 3.63) is 23.5 Å². The minimum Gasteiger partial charge on any atom is -0.504 e. The summed E-state index contributed by atoms with van der Waals surface area (Å²) < 4.78 is 12.9. The van der Waals surface area contributed by atoms with Crippen LogP contribution in [-0.4, -0.2) is 27.3 Å². The van der Waals surface area contributed by atoms with Crippen LogP contribution >= 0.6 is 0 Å². The number of aromatic hydroxyl groups is 2. The van der Waals surface area contributed by atoms with Crippen molar-refractivity contribution in [3.8, 4) is 11.5 Å². The summed E-state index contributed by atoms with van der Waals surface area (Å²) in [5.74, 6) is -3.73. The van der Waals surface area contributed by atoms with Crippen LogP contribution in [0.3, 0.4) is 0 Å². The molecule has 0 spiro atoms. The van der Waals surface area contributed by atoms with Crippen LogP contribution in [0.4, 0.5) is 4.39 Å². The number of aliphatic carboxylic acids is 1. The molecule has 6 heteroatoms. The zero-order valence-electron chi connectivity index (χ0n) is 7.64. The second-order valence-electron chi connectivity index (χ2n) is 3.09. The van der Waals surface area contributed by atoms with Gasteiger partial charge in [0.05, 0.1) is 0 Å². The molecule has 1 rings (SSSR count). The van der Waals surface area contributed by atoms with E-state index in [0.29, 0.717) is 0 Å². The van der Waals surface area contributed by atoms with Gasteiger partial charge >= 0.3 is 5.97 Å². The fourth-order valence-corrected chi connectivity index (χ4v) is 1.10. The maximum atomic E-state index is 12.9. The Kier molecular flexibility index (Phi) is 3.11. The highest BCUT2D eigenvalue weighted by atomic mass is 19.1. The van der Waals surface area contributed by atoms with Crippen LogP contribution in [-0.2, 0) is 11.2 Å². The lowest BCUT2D eigenvalue weighted by atomic mass is 10.1. The monoisotopic (exact) mass is 215 g/mol. The fraction of sp³-hybridized carbons (Fsp3) is 0.222. The molecule has 0 aromatic heterocycles. The number of hydrogen-bond donors (Lipinski definition) is 4. The van der Waals surface area contributed by atoms with E-state index in [2.05, 4.69) is 0 Å². The number of carbonyl (C=O) groups is 1. The molecule has 82 valence electrons. The van der Waals surface area contributed by atoms with Gasteiger partial charge in [-0.1, -0.05) is 0 Å². The first-order chi connectivity index (χ1) is 6.91. The van der Waals surface area contributed by atoms with E-state index in [9.17, 15) is 9.18 Å². The van der Waals surface area contributed by atoms with E-state index in [-0.39, 0.29) is 12.0 Å². The Morgan fingerprint density at radius 3 is 2.53 bits per heavy atom. The van der Waals surface area contributed by atoms with Crippen LogP contribution in [0.2, 0.25) is 0 Å². The molecule has 1 aromatic rings. The molecule has 0 aliphatic carbocycles. The van der Waals surface area contributed by atoms with Crippen molar-refractivity contribution in [3.63, 3.8) is 0 Å². The number of carboxylic acid groups (broad SMARTS) is 1. The second-order valence-corrected chi connectivity index (χ2v) is 3.09. The van der Waals surface area contributed by atoms with Crippen molar-refractivity contribution in [1.82, 2.24) is 0 Å². The predicted molar refractivity (Wildman–Crippen MR) is 49.0 cm³/mol. The van der Waals surface area contributed by atoms with Crippen LogP contribution in [0.1, 0.15) is 5.56 Å². The summed E-state index contributed by atoms with van der Waals surface area (Å²) in [6.45, 7) is 0. The first-order valence-electron chi connectivity index (χ1n) is 4.10. The molecule has 0 unspecified atom stereocenters. The maximum absolute atomic E-state index is 12.9. The lowest BCUT2D eigenvalue weighted by Crippen LogP contribution is -2.32. The van der Waals surface area contributed by atoms with Crippen molar-refractivity contribution >= 4 is 5.97 Å². The molecule has 0 radical (unpaired) electrons. The number of carboxylic acids is 1. The van der Waals surface area contributed by atoms with E-state index < -0.39 is 29.3 Å². The topological polar surface area (TPSA) is 104 Å². The Bertz CT molecular complexity index is 371. The number of rotatable bonds is 3. The van der Waals surface area contributed by atoms with Crippen LogP contribution in [0, 0.1) is 5.82 Å². The zero-order chi connectivity index (χ0) is 11.6. The van der Waals surface area contributed by atoms with Gasteiger partial charge in [-0.05, 0) is 24.1 Å². The molecular weight excluding hydrogens is 205 g/mol. The summed E-state index contributed by atoms with van der Waals surface area (Å²) in [7, 11) is 0. The quantitative estimate of drug-likeness (QED) is 0.539. The Balaban J connectivity index is 2.92. The normalized spacial score (nSPS) is 12.4. The van der Waals surface area contributed by atoms with Gasteiger partial charge in [0.2, 0.25) is 0 Å². The van der Waals surface area contributed by atoms with Crippen molar-refractivity contribution in [2.75, 3.05) is 0 Å². The van der Waals surface area contributed by atoms with Gasteiger partial charge in [-0.25, -0.2) is 4.39 Å².